The maximum absolute atomic E-state index is 13.6. The van der Waals surface area contributed by atoms with E-state index in [1.54, 1.807) is 31.0 Å². The van der Waals surface area contributed by atoms with Crippen molar-refractivity contribution in [1.29, 1.82) is 0 Å². The van der Waals surface area contributed by atoms with Crippen LogP contribution in [0.25, 0.3) is 0 Å². The average molecular weight is 336 g/mol. The van der Waals surface area contributed by atoms with Gasteiger partial charge in [-0.15, -0.1) is 0 Å². The van der Waals surface area contributed by atoms with Gasteiger partial charge < -0.3 is 19.9 Å². The van der Waals surface area contributed by atoms with Crippen LogP contribution in [0, 0.1) is 5.82 Å². The highest BCUT2D eigenvalue weighted by molar-refractivity contribution is 5.80. The molecular formula is C17H25FN4O2. The van der Waals surface area contributed by atoms with E-state index in [1.807, 2.05) is 6.07 Å². The number of hydrogen-bond donors (Lipinski definition) is 1. The second-order valence-electron chi connectivity index (χ2n) is 5.49. The van der Waals surface area contributed by atoms with Gasteiger partial charge in [0, 0.05) is 39.8 Å². The number of ether oxygens (including phenoxy) is 1. The van der Waals surface area contributed by atoms with Crippen molar-refractivity contribution in [3.05, 3.63) is 35.6 Å². The zero-order valence-corrected chi connectivity index (χ0v) is 14.3. The van der Waals surface area contributed by atoms with Crippen molar-refractivity contribution in [3.8, 4) is 0 Å². The number of rotatable bonds is 4. The summed E-state index contributed by atoms with van der Waals surface area (Å²) >= 11 is 0. The van der Waals surface area contributed by atoms with Crippen molar-refractivity contribution in [2.75, 3.05) is 46.4 Å². The van der Waals surface area contributed by atoms with Crippen molar-refractivity contribution in [2.45, 2.75) is 13.3 Å². The van der Waals surface area contributed by atoms with Crippen LogP contribution in [0.1, 0.15) is 12.5 Å². The SMILES string of the molecule is CCOC(=O)N1CCN(C(=NC)NCCc2ccccc2F)CC1. The third-order valence-electron chi connectivity index (χ3n) is 3.95. The minimum atomic E-state index is -0.264. The van der Waals surface area contributed by atoms with E-state index in [0.29, 0.717) is 51.3 Å². The standard InChI is InChI=1S/C17H25FN4O2/c1-3-24-17(23)22-12-10-21(11-13-22)16(19-2)20-9-8-14-6-4-5-7-15(14)18/h4-7H,3,8-13H2,1-2H3,(H,19,20). The lowest BCUT2D eigenvalue weighted by Gasteiger charge is -2.35. The summed E-state index contributed by atoms with van der Waals surface area (Å²) in [6.07, 6.45) is 0.328. The summed E-state index contributed by atoms with van der Waals surface area (Å²) in [5, 5.41) is 3.26. The molecule has 0 unspecified atom stereocenters. The quantitative estimate of drug-likeness (QED) is 0.672. The number of nitrogens with zero attached hydrogens (tertiary/aromatic N) is 3. The van der Waals surface area contributed by atoms with E-state index in [1.165, 1.54) is 6.07 Å². The number of carbonyl (C=O) groups is 1. The fourth-order valence-corrected chi connectivity index (χ4v) is 2.66. The number of hydrogen-bond acceptors (Lipinski definition) is 3. The van der Waals surface area contributed by atoms with E-state index in [4.69, 9.17) is 4.74 Å². The molecule has 7 heteroatoms. The molecular weight excluding hydrogens is 311 g/mol. The molecule has 24 heavy (non-hydrogen) atoms. The van der Waals surface area contributed by atoms with Crippen molar-refractivity contribution in [2.24, 2.45) is 4.99 Å². The molecule has 1 aromatic rings. The molecule has 2 rings (SSSR count). The van der Waals surface area contributed by atoms with Gasteiger partial charge in [-0.05, 0) is 25.0 Å². The van der Waals surface area contributed by atoms with Crippen LogP contribution in [0.2, 0.25) is 0 Å². The summed E-state index contributed by atoms with van der Waals surface area (Å²) in [5.74, 6) is 0.590. The van der Waals surface area contributed by atoms with Crippen LogP contribution in [0.15, 0.2) is 29.3 Å². The lowest BCUT2D eigenvalue weighted by molar-refractivity contribution is 0.0915. The molecule has 1 fully saturated rings. The summed E-state index contributed by atoms with van der Waals surface area (Å²) in [7, 11) is 1.73. The van der Waals surface area contributed by atoms with E-state index < -0.39 is 0 Å². The molecule has 0 bridgehead atoms. The zero-order valence-electron chi connectivity index (χ0n) is 14.3. The predicted octanol–water partition coefficient (Wildman–Crippen LogP) is 1.72. The maximum Gasteiger partial charge on any atom is 0.409 e. The fourth-order valence-electron chi connectivity index (χ4n) is 2.66. The van der Waals surface area contributed by atoms with Gasteiger partial charge in [-0.2, -0.15) is 0 Å². The van der Waals surface area contributed by atoms with Crippen LogP contribution in [0.5, 0.6) is 0 Å². The number of guanidine groups is 1. The zero-order chi connectivity index (χ0) is 17.4. The Morgan fingerprint density at radius 2 is 1.92 bits per heavy atom. The topological polar surface area (TPSA) is 57.2 Å². The number of benzene rings is 1. The smallest absolute Gasteiger partial charge is 0.409 e. The Bertz CT molecular complexity index is 571. The summed E-state index contributed by atoms with van der Waals surface area (Å²) in [6.45, 7) is 5.38. The first kappa shape index (κ1) is 18.0. The summed E-state index contributed by atoms with van der Waals surface area (Å²) in [4.78, 5) is 19.8. The monoisotopic (exact) mass is 336 g/mol. The molecule has 0 aliphatic carbocycles. The van der Waals surface area contributed by atoms with E-state index in [9.17, 15) is 9.18 Å². The molecule has 132 valence electrons. The highest BCUT2D eigenvalue weighted by Gasteiger charge is 2.23. The van der Waals surface area contributed by atoms with E-state index >= 15 is 0 Å². The lowest BCUT2D eigenvalue weighted by atomic mass is 10.1. The maximum atomic E-state index is 13.6. The minimum Gasteiger partial charge on any atom is -0.450 e. The van der Waals surface area contributed by atoms with Crippen LogP contribution in [-0.2, 0) is 11.2 Å². The van der Waals surface area contributed by atoms with Crippen LogP contribution < -0.4 is 5.32 Å². The van der Waals surface area contributed by atoms with Crippen LogP contribution in [0.4, 0.5) is 9.18 Å². The fraction of sp³-hybridized carbons (Fsp3) is 0.529. The molecule has 1 saturated heterocycles. The average Bonchev–Trinajstić information content (AvgIpc) is 2.61. The number of piperazine rings is 1. The Morgan fingerprint density at radius 3 is 2.54 bits per heavy atom. The van der Waals surface area contributed by atoms with Crippen LogP contribution >= 0.6 is 0 Å². The Hall–Kier alpha value is -2.31. The first-order chi connectivity index (χ1) is 11.7. The molecule has 0 aromatic heterocycles. The Balaban J connectivity index is 1.79. The van der Waals surface area contributed by atoms with Crippen LogP contribution in [0.3, 0.4) is 0 Å². The molecule has 6 nitrogen and oxygen atoms in total. The van der Waals surface area contributed by atoms with Gasteiger partial charge in [-0.1, -0.05) is 18.2 Å². The van der Waals surface area contributed by atoms with Crippen molar-refractivity contribution >= 4 is 12.1 Å². The van der Waals surface area contributed by atoms with Crippen LogP contribution in [-0.4, -0.2) is 68.2 Å². The molecule has 1 aliphatic heterocycles. The van der Waals surface area contributed by atoms with Gasteiger partial charge in [0.2, 0.25) is 0 Å². The highest BCUT2D eigenvalue weighted by Crippen LogP contribution is 2.07. The number of aliphatic imine (C=N–C) groups is 1. The largest absolute Gasteiger partial charge is 0.450 e. The number of nitrogens with one attached hydrogen (secondary N) is 1. The molecule has 1 amide bonds. The summed E-state index contributed by atoms with van der Waals surface area (Å²) in [5.41, 5.74) is 0.688. The normalized spacial score (nSPS) is 15.4. The molecule has 0 radical (unpaired) electrons. The first-order valence-electron chi connectivity index (χ1n) is 8.26. The lowest BCUT2D eigenvalue weighted by Crippen LogP contribution is -2.54. The molecule has 1 aliphatic rings. The van der Waals surface area contributed by atoms with Gasteiger partial charge in [0.1, 0.15) is 5.82 Å². The van der Waals surface area contributed by atoms with Gasteiger partial charge in [0.05, 0.1) is 6.61 Å². The third kappa shape index (κ3) is 4.84. The van der Waals surface area contributed by atoms with E-state index in [0.717, 1.165) is 5.96 Å². The highest BCUT2D eigenvalue weighted by atomic mass is 19.1. The first-order valence-corrected chi connectivity index (χ1v) is 8.26. The Kier molecular flexibility index (Phi) is 6.84. The van der Waals surface area contributed by atoms with Gasteiger partial charge in [-0.25, -0.2) is 9.18 Å². The minimum absolute atomic E-state index is 0.183. The Labute approximate surface area is 142 Å². The number of carbonyl (C=O) groups excluding carboxylic acids is 1. The van der Waals surface area contributed by atoms with Gasteiger partial charge in [0.25, 0.3) is 0 Å². The molecule has 0 saturated carbocycles. The van der Waals surface area contributed by atoms with Gasteiger partial charge in [-0.3, -0.25) is 4.99 Å². The number of halogens is 1. The number of amides is 1. The molecule has 1 heterocycles. The Morgan fingerprint density at radius 1 is 1.25 bits per heavy atom. The molecule has 1 aromatic carbocycles. The third-order valence-corrected chi connectivity index (χ3v) is 3.95. The van der Waals surface area contributed by atoms with Crippen molar-refractivity contribution < 1.29 is 13.9 Å². The van der Waals surface area contributed by atoms with E-state index in [-0.39, 0.29) is 11.9 Å². The van der Waals surface area contributed by atoms with Gasteiger partial charge in [0.15, 0.2) is 5.96 Å². The van der Waals surface area contributed by atoms with E-state index in [2.05, 4.69) is 15.2 Å². The predicted molar refractivity (Wildman–Crippen MR) is 91.6 cm³/mol. The molecule has 1 N–H and O–H groups in total. The van der Waals surface area contributed by atoms with Crippen molar-refractivity contribution in [3.63, 3.8) is 0 Å². The summed E-state index contributed by atoms with van der Waals surface area (Å²) < 4.78 is 18.6. The molecule has 0 atom stereocenters. The van der Waals surface area contributed by atoms with Gasteiger partial charge >= 0.3 is 6.09 Å². The molecule has 0 spiro atoms. The second-order valence-corrected chi connectivity index (χ2v) is 5.49. The van der Waals surface area contributed by atoms with Crippen molar-refractivity contribution in [1.82, 2.24) is 15.1 Å². The summed E-state index contributed by atoms with van der Waals surface area (Å²) in [6, 6.07) is 6.78. The second kappa shape index (κ2) is 9.10.